The predicted molar refractivity (Wildman–Crippen MR) is 52.5 cm³/mol. The molecule has 0 atom stereocenters. The third-order valence-electron chi connectivity index (χ3n) is 2.02. The van der Waals surface area contributed by atoms with Crippen LogP contribution in [0.4, 0.5) is 10.1 Å². The number of carboxylic acid groups (broad SMARTS) is 1. The number of carbonyl (C=O) groups excluding carboxylic acids is 1. The molecule has 18 heavy (non-hydrogen) atoms. The molecule has 0 aliphatic heterocycles. The summed E-state index contributed by atoms with van der Waals surface area (Å²) in [5.74, 6) is -2.91. The summed E-state index contributed by atoms with van der Waals surface area (Å²) < 4.78 is 18.2. The second kappa shape index (κ2) is 5.50. The second-order valence-electron chi connectivity index (χ2n) is 3.09. The number of halogens is 1. The minimum atomic E-state index is -1.59. The summed E-state index contributed by atoms with van der Waals surface area (Å²) in [7, 11) is 0. The number of aromatic nitrogens is 1. The van der Waals surface area contributed by atoms with Gasteiger partial charge >= 0.3 is 18.9 Å². The van der Waals surface area contributed by atoms with Gasteiger partial charge in [0.25, 0.3) is 0 Å². The molecule has 5 nitrogen and oxygen atoms in total. The van der Waals surface area contributed by atoms with E-state index < -0.39 is 17.7 Å². The van der Waals surface area contributed by atoms with E-state index in [9.17, 15) is 14.3 Å². The third kappa shape index (κ3) is 2.59. The number of rotatable bonds is 2. The van der Waals surface area contributed by atoms with Crippen molar-refractivity contribution in [2.75, 3.05) is 0 Å². The maximum Gasteiger partial charge on any atom is 1.00 e. The Balaban J connectivity index is 0.00000162. The predicted octanol–water partition coefficient (Wildman–Crippen LogP) is -1.60. The van der Waals surface area contributed by atoms with Crippen molar-refractivity contribution in [2.45, 2.75) is 0 Å². The Labute approximate surface area is 113 Å². The number of aromatic carboxylic acids is 1. The number of hydrogen-bond donors (Lipinski definition) is 0. The molecule has 0 unspecified atom stereocenters. The SMILES string of the molecule is [C-]#[N+]c1ccc(F)c(-c2cnc(C(=O)[O-])o2)c1.[Li+]. The number of oxazole rings is 1. The Hall–Kier alpha value is -2.08. The number of carboxylic acids is 1. The smallest absolute Gasteiger partial charge is 0.540 e. The van der Waals surface area contributed by atoms with Gasteiger partial charge in [0, 0.05) is 5.56 Å². The van der Waals surface area contributed by atoms with Gasteiger partial charge in [-0.3, -0.25) is 0 Å². The molecule has 0 saturated carbocycles. The monoisotopic (exact) mass is 238 g/mol. The van der Waals surface area contributed by atoms with Crippen LogP contribution in [0.1, 0.15) is 10.7 Å². The van der Waals surface area contributed by atoms with E-state index >= 15 is 0 Å². The fourth-order valence-electron chi connectivity index (χ4n) is 1.26. The van der Waals surface area contributed by atoms with Crippen LogP contribution in [-0.4, -0.2) is 11.0 Å². The molecular weight excluding hydrogens is 234 g/mol. The Morgan fingerprint density at radius 3 is 2.78 bits per heavy atom. The van der Waals surface area contributed by atoms with Crippen molar-refractivity contribution < 1.29 is 37.6 Å². The largest absolute Gasteiger partial charge is 1.00 e. The maximum absolute atomic E-state index is 13.4. The van der Waals surface area contributed by atoms with Gasteiger partial charge in [0.2, 0.25) is 5.89 Å². The van der Waals surface area contributed by atoms with Crippen LogP contribution < -0.4 is 24.0 Å². The van der Waals surface area contributed by atoms with Gasteiger partial charge < -0.3 is 14.3 Å². The van der Waals surface area contributed by atoms with Crippen molar-refractivity contribution >= 4 is 11.7 Å². The maximum atomic E-state index is 13.4. The van der Waals surface area contributed by atoms with Crippen LogP contribution in [0.5, 0.6) is 0 Å². The van der Waals surface area contributed by atoms with Gasteiger partial charge in [-0.25, -0.2) is 14.2 Å². The van der Waals surface area contributed by atoms with E-state index in [1.54, 1.807) is 0 Å². The first kappa shape index (κ1) is 14.0. The molecule has 0 aliphatic carbocycles. The van der Waals surface area contributed by atoms with E-state index in [1.807, 2.05) is 0 Å². The van der Waals surface area contributed by atoms with Gasteiger partial charge in [0.1, 0.15) is 11.8 Å². The zero-order valence-corrected chi connectivity index (χ0v) is 9.31. The van der Waals surface area contributed by atoms with Crippen LogP contribution >= 0.6 is 0 Å². The van der Waals surface area contributed by atoms with Crippen LogP contribution in [0.3, 0.4) is 0 Å². The Morgan fingerprint density at radius 2 is 2.22 bits per heavy atom. The molecule has 0 saturated heterocycles. The Morgan fingerprint density at radius 1 is 1.50 bits per heavy atom. The first-order valence-corrected chi connectivity index (χ1v) is 4.46. The van der Waals surface area contributed by atoms with E-state index in [2.05, 4.69) is 9.83 Å². The summed E-state index contributed by atoms with van der Waals surface area (Å²) in [6.45, 7) is 6.80. The van der Waals surface area contributed by atoms with Crippen molar-refractivity contribution in [1.82, 2.24) is 4.98 Å². The average Bonchev–Trinajstić information content (AvgIpc) is 2.79. The topological polar surface area (TPSA) is 70.5 Å². The van der Waals surface area contributed by atoms with E-state index in [-0.39, 0.29) is 35.9 Å². The first-order chi connectivity index (χ1) is 8.11. The molecule has 1 aromatic heterocycles. The van der Waals surface area contributed by atoms with Gasteiger partial charge in [0.15, 0.2) is 11.4 Å². The molecule has 1 heterocycles. The minimum absolute atomic E-state index is 0. The van der Waals surface area contributed by atoms with Gasteiger partial charge in [-0.1, -0.05) is 6.07 Å². The molecule has 0 N–H and O–H groups in total. The number of hydrogen-bond acceptors (Lipinski definition) is 4. The molecule has 0 bridgehead atoms. The quantitative estimate of drug-likeness (QED) is 0.466. The molecule has 84 valence electrons. The van der Waals surface area contributed by atoms with Gasteiger partial charge in [-0.15, -0.1) is 0 Å². The Kier molecular flexibility index (Phi) is 4.27. The fraction of sp³-hybridized carbons (Fsp3) is 0. The summed E-state index contributed by atoms with van der Waals surface area (Å²) >= 11 is 0. The van der Waals surface area contributed by atoms with Crippen LogP contribution in [0, 0.1) is 12.4 Å². The van der Waals surface area contributed by atoms with Gasteiger partial charge in [-0.2, -0.15) is 0 Å². The molecule has 7 heteroatoms. The summed E-state index contributed by atoms with van der Waals surface area (Å²) in [5, 5.41) is 10.4. The summed E-state index contributed by atoms with van der Waals surface area (Å²) in [4.78, 5) is 17.0. The summed E-state index contributed by atoms with van der Waals surface area (Å²) in [5.41, 5.74) is 0.200. The second-order valence-corrected chi connectivity index (χ2v) is 3.09. The molecule has 2 aromatic rings. The van der Waals surface area contributed by atoms with Crippen molar-refractivity contribution in [3.63, 3.8) is 0 Å². The van der Waals surface area contributed by atoms with Crippen LogP contribution in [-0.2, 0) is 0 Å². The normalized spacial score (nSPS) is 9.33. The van der Waals surface area contributed by atoms with E-state index in [0.717, 1.165) is 12.3 Å². The van der Waals surface area contributed by atoms with Gasteiger partial charge in [0.05, 0.1) is 12.8 Å². The van der Waals surface area contributed by atoms with Crippen LogP contribution in [0.25, 0.3) is 16.2 Å². The van der Waals surface area contributed by atoms with Gasteiger partial charge in [-0.05, 0) is 12.1 Å². The number of benzene rings is 1. The third-order valence-corrected chi connectivity index (χ3v) is 2.02. The standard InChI is InChI=1S/C11H5FN2O3.Li/c1-13-6-2-3-8(12)7(4-6)9-5-14-10(17-9)11(15)16;/h2-5H,(H,15,16);/q;+1/p-1. The Bertz CT molecular complexity index is 633. The molecule has 0 fully saturated rings. The van der Waals surface area contributed by atoms with Crippen molar-refractivity contribution in [2.24, 2.45) is 0 Å². The molecule has 1 aromatic carbocycles. The molecule has 0 spiro atoms. The zero-order chi connectivity index (χ0) is 12.4. The van der Waals surface area contributed by atoms with E-state index in [4.69, 9.17) is 11.0 Å². The molecule has 0 amide bonds. The molecular formula is C11H4FLiN2O3. The van der Waals surface area contributed by atoms with Crippen molar-refractivity contribution in [3.05, 3.63) is 47.5 Å². The van der Waals surface area contributed by atoms with Crippen LogP contribution in [0.15, 0.2) is 28.8 Å². The van der Waals surface area contributed by atoms with E-state index in [1.165, 1.54) is 12.1 Å². The molecule has 2 rings (SSSR count). The first-order valence-electron chi connectivity index (χ1n) is 4.46. The summed E-state index contributed by atoms with van der Waals surface area (Å²) in [6, 6.07) is 3.66. The van der Waals surface area contributed by atoms with Crippen molar-refractivity contribution in [1.29, 1.82) is 0 Å². The molecule has 0 aliphatic rings. The summed E-state index contributed by atoms with van der Waals surface area (Å²) in [6.07, 6.45) is 1.07. The number of carbonyl (C=O) groups is 1. The minimum Gasteiger partial charge on any atom is -0.540 e. The van der Waals surface area contributed by atoms with Crippen molar-refractivity contribution in [3.8, 4) is 11.3 Å². The van der Waals surface area contributed by atoms with E-state index in [0.29, 0.717) is 0 Å². The molecule has 0 radical (unpaired) electrons. The zero-order valence-electron chi connectivity index (χ0n) is 9.31. The average molecular weight is 238 g/mol. The van der Waals surface area contributed by atoms with Crippen LogP contribution in [0.2, 0.25) is 0 Å². The number of nitrogens with zero attached hydrogens (tertiary/aromatic N) is 2. The fourth-order valence-corrected chi connectivity index (χ4v) is 1.26.